The number of carboxylic acid groups (broad SMARTS) is 1. The molecule has 0 aromatic rings. The van der Waals surface area contributed by atoms with Gasteiger partial charge in [0.05, 0.1) is 0 Å². The van der Waals surface area contributed by atoms with Gasteiger partial charge in [-0.15, -0.1) is 0 Å². The third-order valence-corrected chi connectivity index (χ3v) is 2.90. The fourth-order valence-corrected chi connectivity index (χ4v) is 2.16. The lowest BCUT2D eigenvalue weighted by Crippen LogP contribution is -2.53. The van der Waals surface area contributed by atoms with Crippen LogP contribution in [0.25, 0.3) is 0 Å². The van der Waals surface area contributed by atoms with E-state index in [1.54, 1.807) is 0 Å². The van der Waals surface area contributed by atoms with Crippen molar-refractivity contribution in [3.63, 3.8) is 0 Å². The standard InChI is InChI=1S/C9H13N3O4/c13-6-5-12(8(14)10-6)7-3-1-2-4-11(7)9(15)16/h7H,1-5H2,(H,15,16)(H,10,13,14). The van der Waals surface area contributed by atoms with E-state index < -0.39 is 18.3 Å². The second-order valence-electron chi connectivity index (χ2n) is 3.93. The van der Waals surface area contributed by atoms with Gasteiger partial charge in [0.2, 0.25) is 5.91 Å². The first-order valence-electron chi connectivity index (χ1n) is 5.19. The van der Waals surface area contributed by atoms with Gasteiger partial charge in [0.25, 0.3) is 0 Å². The van der Waals surface area contributed by atoms with Crippen LogP contribution in [0.5, 0.6) is 0 Å². The molecule has 2 aliphatic heterocycles. The number of carbonyl (C=O) groups excluding carboxylic acids is 2. The summed E-state index contributed by atoms with van der Waals surface area (Å²) >= 11 is 0. The van der Waals surface area contributed by atoms with E-state index in [1.807, 2.05) is 0 Å². The Morgan fingerprint density at radius 2 is 2.12 bits per heavy atom. The highest BCUT2D eigenvalue weighted by atomic mass is 16.4. The zero-order valence-electron chi connectivity index (χ0n) is 8.68. The van der Waals surface area contributed by atoms with Gasteiger partial charge in [-0.2, -0.15) is 0 Å². The predicted molar refractivity (Wildman–Crippen MR) is 52.6 cm³/mol. The molecule has 7 heteroatoms. The number of likely N-dealkylation sites (tertiary alicyclic amines) is 1. The molecule has 1 unspecified atom stereocenters. The molecule has 7 nitrogen and oxygen atoms in total. The normalized spacial score (nSPS) is 25.9. The molecule has 88 valence electrons. The van der Waals surface area contributed by atoms with Crippen LogP contribution in [0.15, 0.2) is 0 Å². The van der Waals surface area contributed by atoms with E-state index in [2.05, 4.69) is 5.32 Å². The molecule has 2 saturated heterocycles. The van der Waals surface area contributed by atoms with Gasteiger partial charge in [-0.05, 0) is 19.3 Å². The summed E-state index contributed by atoms with van der Waals surface area (Å²) in [5, 5.41) is 11.2. The molecule has 0 aromatic carbocycles. The third-order valence-electron chi connectivity index (χ3n) is 2.90. The van der Waals surface area contributed by atoms with E-state index in [9.17, 15) is 14.4 Å². The van der Waals surface area contributed by atoms with E-state index >= 15 is 0 Å². The molecular formula is C9H13N3O4. The number of urea groups is 1. The first kappa shape index (κ1) is 10.7. The molecular weight excluding hydrogens is 214 g/mol. The Labute approximate surface area is 92.0 Å². The van der Waals surface area contributed by atoms with Gasteiger partial charge in [-0.3, -0.25) is 19.9 Å². The van der Waals surface area contributed by atoms with Crippen molar-refractivity contribution >= 4 is 18.0 Å². The first-order chi connectivity index (χ1) is 7.59. The number of nitrogens with one attached hydrogen (secondary N) is 1. The summed E-state index contributed by atoms with van der Waals surface area (Å²) < 4.78 is 0. The van der Waals surface area contributed by atoms with Crippen molar-refractivity contribution in [2.45, 2.75) is 25.4 Å². The van der Waals surface area contributed by atoms with E-state index in [0.717, 1.165) is 12.8 Å². The van der Waals surface area contributed by atoms with Crippen molar-refractivity contribution in [2.24, 2.45) is 0 Å². The minimum Gasteiger partial charge on any atom is -0.465 e. The summed E-state index contributed by atoms with van der Waals surface area (Å²) in [7, 11) is 0. The summed E-state index contributed by atoms with van der Waals surface area (Å²) in [5.41, 5.74) is 0. The Morgan fingerprint density at radius 3 is 2.69 bits per heavy atom. The fourth-order valence-electron chi connectivity index (χ4n) is 2.16. The van der Waals surface area contributed by atoms with Crippen LogP contribution in [0.2, 0.25) is 0 Å². The average Bonchev–Trinajstić information content (AvgIpc) is 2.57. The molecule has 2 N–H and O–H groups in total. The quantitative estimate of drug-likeness (QED) is 0.618. The Kier molecular flexibility index (Phi) is 2.67. The third kappa shape index (κ3) is 1.80. The van der Waals surface area contributed by atoms with Crippen LogP contribution in [0.3, 0.4) is 0 Å². The van der Waals surface area contributed by atoms with Crippen LogP contribution in [0, 0.1) is 0 Å². The van der Waals surface area contributed by atoms with Crippen LogP contribution < -0.4 is 5.32 Å². The number of carbonyl (C=O) groups is 3. The summed E-state index contributed by atoms with van der Waals surface area (Å²) in [6.07, 6.45) is 0.709. The Morgan fingerprint density at radius 1 is 1.38 bits per heavy atom. The molecule has 0 aromatic heterocycles. The number of amides is 4. The van der Waals surface area contributed by atoms with Gasteiger partial charge in [-0.1, -0.05) is 0 Å². The fraction of sp³-hybridized carbons (Fsp3) is 0.667. The van der Waals surface area contributed by atoms with Crippen molar-refractivity contribution in [1.82, 2.24) is 15.1 Å². The SMILES string of the molecule is O=C1CN(C2CCCCN2C(=O)O)C(=O)N1. The molecule has 0 bridgehead atoms. The summed E-state index contributed by atoms with van der Waals surface area (Å²) in [6.45, 7) is 0.366. The number of piperidine rings is 1. The monoisotopic (exact) mass is 227 g/mol. The lowest BCUT2D eigenvalue weighted by Gasteiger charge is -2.38. The van der Waals surface area contributed by atoms with Crippen molar-refractivity contribution in [1.29, 1.82) is 0 Å². The molecule has 2 fully saturated rings. The highest BCUT2D eigenvalue weighted by molar-refractivity contribution is 6.02. The van der Waals surface area contributed by atoms with E-state index in [4.69, 9.17) is 5.11 Å². The van der Waals surface area contributed by atoms with E-state index in [-0.39, 0.29) is 12.5 Å². The topological polar surface area (TPSA) is 90.0 Å². The summed E-state index contributed by atoms with van der Waals surface area (Å²) in [4.78, 5) is 36.0. The van der Waals surface area contributed by atoms with Gasteiger partial charge in [0, 0.05) is 6.54 Å². The van der Waals surface area contributed by atoms with Crippen molar-refractivity contribution in [3.8, 4) is 0 Å². The molecule has 0 spiro atoms. The zero-order chi connectivity index (χ0) is 11.7. The van der Waals surface area contributed by atoms with E-state index in [0.29, 0.717) is 13.0 Å². The maximum Gasteiger partial charge on any atom is 0.408 e. The number of hydrogen-bond acceptors (Lipinski definition) is 3. The lowest BCUT2D eigenvalue weighted by atomic mass is 10.1. The molecule has 0 radical (unpaired) electrons. The maximum absolute atomic E-state index is 11.4. The molecule has 2 aliphatic rings. The number of rotatable bonds is 1. The Balaban J connectivity index is 2.14. The maximum atomic E-state index is 11.4. The smallest absolute Gasteiger partial charge is 0.408 e. The van der Waals surface area contributed by atoms with Gasteiger partial charge < -0.3 is 5.11 Å². The first-order valence-corrected chi connectivity index (χ1v) is 5.19. The highest BCUT2D eigenvalue weighted by Gasteiger charge is 2.38. The molecule has 0 saturated carbocycles. The number of imide groups is 1. The molecule has 0 aliphatic carbocycles. The van der Waals surface area contributed by atoms with Crippen molar-refractivity contribution in [2.75, 3.05) is 13.1 Å². The number of hydrogen-bond donors (Lipinski definition) is 2. The molecule has 1 atom stereocenters. The molecule has 2 rings (SSSR count). The predicted octanol–water partition coefficient (Wildman–Crippen LogP) is 0.0282. The average molecular weight is 227 g/mol. The Hall–Kier alpha value is -1.79. The zero-order valence-corrected chi connectivity index (χ0v) is 8.68. The highest BCUT2D eigenvalue weighted by Crippen LogP contribution is 2.21. The minimum atomic E-state index is -1.04. The lowest BCUT2D eigenvalue weighted by molar-refractivity contribution is -0.119. The van der Waals surface area contributed by atoms with Crippen LogP contribution in [-0.4, -0.2) is 52.2 Å². The van der Waals surface area contributed by atoms with E-state index in [1.165, 1.54) is 9.80 Å². The van der Waals surface area contributed by atoms with Gasteiger partial charge in [0.1, 0.15) is 12.7 Å². The Bertz CT molecular complexity index is 344. The molecule has 16 heavy (non-hydrogen) atoms. The van der Waals surface area contributed by atoms with Crippen LogP contribution in [-0.2, 0) is 4.79 Å². The molecule has 2 heterocycles. The van der Waals surface area contributed by atoms with Crippen molar-refractivity contribution in [3.05, 3.63) is 0 Å². The van der Waals surface area contributed by atoms with Crippen LogP contribution >= 0.6 is 0 Å². The summed E-state index contributed by atoms with van der Waals surface area (Å²) in [6, 6.07) is -0.497. The van der Waals surface area contributed by atoms with Crippen molar-refractivity contribution < 1.29 is 19.5 Å². The van der Waals surface area contributed by atoms with Crippen LogP contribution in [0.1, 0.15) is 19.3 Å². The number of nitrogens with zero attached hydrogens (tertiary/aromatic N) is 2. The largest absolute Gasteiger partial charge is 0.465 e. The van der Waals surface area contributed by atoms with Gasteiger partial charge in [0.15, 0.2) is 0 Å². The molecule has 4 amide bonds. The second kappa shape index (κ2) is 3.99. The minimum absolute atomic E-state index is 0.0483. The summed E-state index contributed by atoms with van der Waals surface area (Å²) in [5.74, 6) is -0.374. The van der Waals surface area contributed by atoms with Gasteiger partial charge >= 0.3 is 12.1 Å². The second-order valence-corrected chi connectivity index (χ2v) is 3.93. The van der Waals surface area contributed by atoms with Crippen LogP contribution in [0.4, 0.5) is 9.59 Å². The van der Waals surface area contributed by atoms with Gasteiger partial charge in [-0.25, -0.2) is 9.59 Å².